The van der Waals surface area contributed by atoms with Gasteiger partial charge in [0.05, 0.1) is 11.9 Å². The first-order valence-electron chi connectivity index (χ1n) is 10.3. The summed E-state index contributed by atoms with van der Waals surface area (Å²) in [4.78, 5) is 21.4. The summed E-state index contributed by atoms with van der Waals surface area (Å²) in [5.74, 6) is 0. The number of urea groups is 1. The maximum Gasteiger partial charge on any atom is 0.329 e. The number of aromatic nitrogens is 1. The third-order valence-electron chi connectivity index (χ3n) is 4.67. The zero-order valence-corrected chi connectivity index (χ0v) is 16.8. The molecule has 0 N–H and O–H groups in total. The smallest absolute Gasteiger partial charge is 0.294 e. The number of carbonyl (C=O) groups excluding carboxylic acids is 1. The van der Waals surface area contributed by atoms with Crippen molar-refractivity contribution in [2.45, 2.75) is 58.8 Å². The van der Waals surface area contributed by atoms with Crippen LogP contribution in [0, 0.1) is 0 Å². The fraction of sp³-hybridized carbons (Fsp3) is 0.478. The Bertz CT molecular complexity index is 645. The van der Waals surface area contributed by atoms with Crippen molar-refractivity contribution < 1.29 is 4.79 Å². The van der Waals surface area contributed by atoms with E-state index in [2.05, 4.69) is 18.8 Å². The fourth-order valence-electron chi connectivity index (χ4n) is 3.21. The van der Waals surface area contributed by atoms with Gasteiger partial charge in [0.1, 0.15) is 0 Å². The second kappa shape index (κ2) is 12.1. The summed E-state index contributed by atoms with van der Waals surface area (Å²) in [5, 5.41) is 0. The van der Waals surface area contributed by atoms with Crippen LogP contribution in [-0.2, 0) is 0 Å². The van der Waals surface area contributed by atoms with Gasteiger partial charge in [0.2, 0.25) is 0 Å². The molecule has 27 heavy (non-hydrogen) atoms. The number of anilines is 2. The maximum atomic E-state index is 13.4. The van der Waals surface area contributed by atoms with E-state index in [1.807, 2.05) is 52.3 Å². The first-order chi connectivity index (χ1) is 13.3. The highest BCUT2D eigenvalue weighted by Crippen LogP contribution is 2.21. The van der Waals surface area contributed by atoms with Crippen molar-refractivity contribution in [1.82, 2.24) is 4.98 Å². The largest absolute Gasteiger partial charge is 0.329 e. The van der Waals surface area contributed by atoms with Gasteiger partial charge in [-0.1, -0.05) is 64.2 Å². The first-order valence-corrected chi connectivity index (χ1v) is 10.3. The van der Waals surface area contributed by atoms with E-state index in [1.165, 1.54) is 25.7 Å². The summed E-state index contributed by atoms with van der Waals surface area (Å²) in [6, 6.07) is 13.8. The Kier molecular flexibility index (Phi) is 9.39. The third-order valence-corrected chi connectivity index (χ3v) is 4.67. The summed E-state index contributed by atoms with van der Waals surface area (Å²) >= 11 is 0. The Labute approximate surface area is 164 Å². The van der Waals surface area contributed by atoms with Crippen LogP contribution in [0.1, 0.15) is 58.8 Å². The summed E-state index contributed by atoms with van der Waals surface area (Å²) < 4.78 is 0. The molecule has 0 aliphatic heterocycles. The number of rotatable bonds is 11. The number of carbonyl (C=O) groups is 1. The fourth-order valence-corrected chi connectivity index (χ4v) is 3.21. The molecule has 2 rings (SSSR count). The monoisotopic (exact) mass is 367 g/mol. The summed E-state index contributed by atoms with van der Waals surface area (Å²) in [6.45, 7) is 5.76. The van der Waals surface area contributed by atoms with Gasteiger partial charge in [0.25, 0.3) is 0 Å². The Morgan fingerprint density at radius 3 is 2.11 bits per heavy atom. The number of amides is 2. The predicted octanol–water partition coefficient (Wildman–Crippen LogP) is 6.29. The summed E-state index contributed by atoms with van der Waals surface area (Å²) in [6.07, 6.45) is 11.7. The van der Waals surface area contributed by atoms with Gasteiger partial charge in [-0.3, -0.25) is 14.8 Å². The van der Waals surface area contributed by atoms with E-state index in [-0.39, 0.29) is 6.03 Å². The standard InChI is InChI=1S/C23H33N3O/c1-3-5-6-7-8-12-19-26(22-16-13-17-24-20-22)23(27)25(18-4-2)21-14-10-9-11-15-21/h9-11,13-17,20H,3-8,12,18-19H2,1-2H3. The predicted molar refractivity (Wildman–Crippen MR) is 114 cm³/mol. The average molecular weight is 368 g/mol. The van der Waals surface area contributed by atoms with Crippen LogP contribution in [0.2, 0.25) is 0 Å². The van der Waals surface area contributed by atoms with Crippen LogP contribution in [0.5, 0.6) is 0 Å². The second-order valence-corrected chi connectivity index (χ2v) is 6.90. The van der Waals surface area contributed by atoms with Crippen molar-refractivity contribution >= 4 is 17.4 Å². The number of pyridine rings is 1. The van der Waals surface area contributed by atoms with Crippen LogP contribution in [0.3, 0.4) is 0 Å². The minimum Gasteiger partial charge on any atom is -0.294 e. The van der Waals surface area contributed by atoms with E-state index in [0.717, 1.165) is 37.2 Å². The third kappa shape index (κ3) is 6.70. The number of hydrogen-bond acceptors (Lipinski definition) is 2. The van der Waals surface area contributed by atoms with Gasteiger partial charge in [-0.05, 0) is 37.1 Å². The van der Waals surface area contributed by atoms with E-state index in [4.69, 9.17) is 0 Å². The molecule has 1 heterocycles. The lowest BCUT2D eigenvalue weighted by molar-refractivity contribution is 0.251. The van der Waals surface area contributed by atoms with Crippen LogP contribution in [0.4, 0.5) is 16.2 Å². The van der Waals surface area contributed by atoms with Crippen molar-refractivity contribution in [3.63, 3.8) is 0 Å². The Hall–Kier alpha value is -2.36. The van der Waals surface area contributed by atoms with Crippen molar-refractivity contribution in [2.24, 2.45) is 0 Å². The zero-order chi connectivity index (χ0) is 19.3. The molecule has 0 atom stereocenters. The Balaban J connectivity index is 2.11. The highest BCUT2D eigenvalue weighted by atomic mass is 16.2. The molecule has 4 heteroatoms. The van der Waals surface area contributed by atoms with Crippen LogP contribution in [-0.4, -0.2) is 24.1 Å². The van der Waals surface area contributed by atoms with Gasteiger partial charge >= 0.3 is 6.03 Å². The number of para-hydroxylation sites is 1. The summed E-state index contributed by atoms with van der Waals surface area (Å²) in [5.41, 5.74) is 1.81. The van der Waals surface area contributed by atoms with E-state index < -0.39 is 0 Å². The number of nitrogens with zero attached hydrogens (tertiary/aromatic N) is 3. The minimum atomic E-state index is 0.0320. The molecule has 146 valence electrons. The van der Waals surface area contributed by atoms with Gasteiger partial charge in [0.15, 0.2) is 0 Å². The molecule has 0 unspecified atom stereocenters. The van der Waals surface area contributed by atoms with Crippen LogP contribution in [0.25, 0.3) is 0 Å². The van der Waals surface area contributed by atoms with Crippen LogP contribution < -0.4 is 9.80 Å². The lowest BCUT2D eigenvalue weighted by atomic mass is 10.1. The van der Waals surface area contributed by atoms with Crippen LogP contribution in [0.15, 0.2) is 54.9 Å². The van der Waals surface area contributed by atoms with Crippen molar-refractivity contribution in [3.05, 3.63) is 54.9 Å². The van der Waals surface area contributed by atoms with Crippen LogP contribution >= 0.6 is 0 Å². The number of hydrogen-bond donors (Lipinski definition) is 0. The van der Waals surface area contributed by atoms with Gasteiger partial charge in [-0.2, -0.15) is 0 Å². The minimum absolute atomic E-state index is 0.0320. The average Bonchev–Trinajstić information content (AvgIpc) is 2.72. The topological polar surface area (TPSA) is 36.4 Å². The van der Waals surface area contributed by atoms with Crippen molar-refractivity contribution in [1.29, 1.82) is 0 Å². The Morgan fingerprint density at radius 1 is 0.778 bits per heavy atom. The van der Waals surface area contributed by atoms with Gasteiger partial charge < -0.3 is 0 Å². The normalized spacial score (nSPS) is 10.6. The van der Waals surface area contributed by atoms with E-state index >= 15 is 0 Å². The molecular formula is C23H33N3O. The van der Waals surface area contributed by atoms with Gasteiger partial charge in [0, 0.05) is 25.0 Å². The zero-order valence-electron chi connectivity index (χ0n) is 16.8. The quantitative estimate of drug-likeness (QED) is 0.438. The number of unbranched alkanes of at least 4 members (excludes halogenated alkanes) is 5. The molecule has 0 aliphatic carbocycles. The molecule has 2 aromatic rings. The Morgan fingerprint density at radius 2 is 1.44 bits per heavy atom. The molecule has 4 nitrogen and oxygen atoms in total. The molecule has 0 radical (unpaired) electrons. The SMILES string of the molecule is CCCCCCCCN(C(=O)N(CCC)c1ccccc1)c1cccnc1. The molecular weight excluding hydrogens is 334 g/mol. The molecule has 0 saturated heterocycles. The van der Waals surface area contributed by atoms with E-state index in [0.29, 0.717) is 6.54 Å². The molecule has 0 spiro atoms. The number of benzene rings is 1. The first kappa shape index (κ1) is 20.9. The van der Waals surface area contributed by atoms with Crippen molar-refractivity contribution in [3.8, 4) is 0 Å². The van der Waals surface area contributed by atoms with E-state index in [1.54, 1.807) is 12.4 Å². The lowest BCUT2D eigenvalue weighted by Gasteiger charge is -2.30. The molecule has 0 aliphatic rings. The molecule has 0 bridgehead atoms. The molecule has 1 aromatic carbocycles. The van der Waals surface area contributed by atoms with Gasteiger partial charge in [-0.15, -0.1) is 0 Å². The maximum absolute atomic E-state index is 13.4. The van der Waals surface area contributed by atoms with Gasteiger partial charge in [-0.25, -0.2) is 4.79 Å². The second-order valence-electron chi connectivity index (χ2n) is 6.90. The highest BCUT2D eigenvalue weighted by molar-refractivity contribution is 6.03. The molecule has 1 aromatic heterocycles. The molecule has 0 fully saturated rings. The molecule has 0 saturated carbocycles. The highest BCUT2D eigenvalue weighted by Gasteiger charge is 2.23. The summed E-state index contributed by atoms with van der Waals surface area (Å²) in [7, 11) is 0. The van der Waals surface area contributed by atoms with Crippen molar-refractivity contribution in [2.75, 3.05) is 22.9 Å². The van der Waals surface area contributed by atoms with E-state index in [9.17, 15) is 4.79 Å². The lowest BCUT2D eigenvalue weighted by Crippen LogP contribution is -2.44. The molecule has 2 amide bonds.